The fraction of sp³-hybridized carbons (Fsp3) is 0.500. The maximum atomic E-state index is 10.7. The van der Waals surface area contributed by atoms with Crippen molar-refractivity contribution in [3.8, 4) is 0 Å². The standard InChI is InChI=1S/C8H12N2O2.BrH/c1-2-3-6(8(11)12)7-9-4-5-10-7;/h4-6H,2-3H2,1H3,(H,9,10)(H,11,12);1H. The molecule has 0 aliphatic rings. The summed E-state index contributed by atoms with van der Waals surface area (Å²) < 4.78 is 0. The molecule has 0 saturated carbocycles. The fourth-order valence-corrected chi connectivity index (χ4v) is 1.13. The summed E-state index contributed by atoms with van der Waals surface area (Å²) in [4.78, 5) is 17.5. The number of nitrogens with zero attached hydrogens (tertiary/aromatic N) is 1. The van der Waals surface area contributed by atoms with Crippen molar-refractivity contribution >= 4 is 23.0 Å². The van der Waals surface area contributed by atoms with Gasteiger partial charge in [0.15, 0.2) is 0 Å². The first-order chi connectivity index (χ1) is 5.75. The molecule has 74 valence electrons. The van der Waals surface area contributed by atoms with Gasteiger partial charge in [0.25, 0.3) is 0 Å². The molecule has 0 radical (unpaired) electrons. The van der Waals surface area contributed by atoms with Gasteiger partial charge in [-0.3, -0.25) is 4.79 Å². The highest BCUT2D eigenvalue weighted by molar-refractivity contribution is 8.93. The van der Waals surface area contributed by atoms with Gasteiger partial charge in [0.2, 0.25) is 0 Å². The van der Waals surface area contributed by atoms with E-state index in [0.717, 1.165) is 6.42 Å². The minimum Gasteiger partial charge on any atom is -0.481 e. The topological polar surface area (TPSA) is 66.0 Å². The van der Waals surface area contributed by atoms with Crippen LogP contribution in [-0.4, -0.2) is 21.0 Å². The average molecular weight is 249 g/mol. The molecule has 0 aromatic carbocycles. The summed E-state index contributed by atoms with van der Waals surface area (Å²) in [6.07, 6.45) is 4.68. The third kappa shape index (κ3) is 3.18. The van der Waals surface area contributed by atoms with Gasteiger partial charge < -0.3 is 10.1 Å². The van der Waals surface area contributed by atoms with Crippen molar-refractivity contribution in [1.82, 2.24) is 9.97 Å². The van der Waals surface area contributed by atoms with Gasteiger partial charge in [-0.25, -0.2) is 4.98 Å². The summed E-state index contributed by atoms with van der Waals surface area (Å²) in [5.41, 5.74) is 0. The molecule has 1 aromatic rings. The van der Waals surface area contributed by atoms with E-state index in [9.17, 15) is 4.79 Å². The third-order valence-corrected chi connectivity index (χ3v) is 1.72. The number of aromatic amines is 1. The second kappa shape index (κ2) is 5.75. The molecule has 13 heavy (non-hydrogen) atoms. The van der Waals surface area contributed by atoms with Gasteiger partial charge in [0.1, 0.15) is 11.7 Å². The zero-order chi connectivity index (χ0) is 8.97. The van der Waals surface area contributed by atoms with Gasteiger partial charge >= 0.3 is 5.97 Å². The van der Waals surface area contributed by atoms with E-state index in [0.29, 0.717) is 12.2 Å². The number of carboxylic acid groups (broad SMARTS) is 1. The Labute approximate surface area is 87.2 Å². The van der Waals surface area contributed by atoms with Gasteiger partial charge in [-0.1, -0.05) is 13.3 Å². The molecule has 1 atom stereocenters. The number of H-pyrrole nitrogens is 1. The lowest BCUT2D eigenvalue weighted by atomic mass is 10.0. The molecule has 0 saturated heterocycles. The van der Waals surface area contributed by atoms with Crippen molar-refractivity contribution in [2.45, 2.75) is 25.7 Å². The second-order valence-corrected chi connectivity index (χ2v) is 2.65. The Morgan fingerprint density at radius 1 is 1.77 bits per heavy atom. The van der Waals surface area contributed by atoms with Crippen molar-refractivity contribution in [1.29, 1.82) is 0 Å². The third-order valence-electron chi connectivity index (χ3n) is 1.72. The highest BCUT2D eigenvalue weighted by Crippen LogP contribution is 2.17. The van der Waals surface area contributed by atoms with Crippen molar-refractivity contribution in [2.75, 3.05) is 0 Å². The molecule has 5 heteroatoms. The van der Waals surface area contributed by atoms with Crippen LogP contribution in [0, 0.1) is 0 Å². The number of halogens is 1. The van der Waals surface area contributed by atoms with Crippen LogP contribution in [0.1, 0.15) is 31.5 Å². The van der Waals surface area contributed by atoms with E-state index in [1.807, 2.05) is 6.92 Å². The summed E-state index contributed by atoms with van der Waals surface area (Å²) in [5.74, 6) is -0.749. The normalized spacial score (nSPS) is 11.8. The van der Waals surface area contributed by atoms with Crippen LogP contribution >= 0.6 is 17.0 Å². The SMILES string of the molecule is Br.CCCC(C(=O)O)c1ncc[nH]1. The molecular formula is C8H13BrN2O2. The van der Waals surface area contributed by atoms with Crippen LogP contribution in [0.2, 0.25) is 0 Å². The number of carbonyl (C=O) groups is 1. The minimum atomic E-state index is -0.813. The summed E-state index contributed by atoms with van der Waals surface area (Å²) in [6, 6.07) is 0. The van der Waals surface area contributed by atoms with Gasteiger partial charge in [-0.05, 0) is 6.42 Å². The Kier molecular flexibility index (Phi) is 5.37. The van der Waals surface area contributed by atoms with E-state index >= 15 is 0 Å². The molecule has 1 unspecified atom stereocenters. The fourth-order valence-electron chi connectivity index (χ4n) is 1.13. The van der Waals surface area contributed by atoms with E-state index in [1.54, 1.807) is 12.4 Å². The number of aliphatic carboxylic acids is 1. The van der Waals surface area contributed by atoms with Crippen molar-refractivity contribution in [3.05, 3.63) is 18.2 Å². The summed E-state index contributed by atoms with van der Waals surface area (Å²) in [7, 11) is 0. The van der Waals surface area contributed by atoms with Crippen LogP contribution < -0.4 is 0 Å². The molecule has 1 aromatic heterocycles. The largest absolute Gasteiger partial charge is 0.481 e. The maximum absolute atomic E-state index is 10.7. The summed E-state index contributed by atoms with van der Waals surface area (Å²) in [5, 5.41) is 8.82. The lowest BCUT2D eigenvalue weighted by Crippen LogP contribution is -2.12. The maximum Gasteiger partial charge on any atom is 0.314 e. The molecule has 0 fully saturated rings. The lowest BCUT2D eigenvalue weighted by Gasteiger charge is -2.06. The Hall–Kier alpha value is -0.840. The predicted octanol–water partition coefficient (Wildman–Crippen LogP) is 1.96. The second-order valence-electron chi connectivity index (χ2n) is 2.65. The summed E-state index contributed by atoms with van der Waals surface area (Å²) in [6.45, 7) is 1.96. The van der Waals surface area contributed by atoms with Crippen LogP contribution in [0.15, 0.2) is 12.4 Å². The Bertz CT molecular complexity index is 249. The Morgan fingerprint density at radius 2 is 2.46 bits per heavy atom. The Balaban J connectivity index is 0.00000144. The smallest absolute Gasteiger partial charge is 0.314 e. The van der Waals surface area contributed by atoms with Gasteiger partial charge in [0, 0.05) is 12.4 Å². The number of carboxylic acids is 1. The monoisotopic (exact) mass is 248 g/mol. The molecule has 4 nitrogen and oxygen atoms in total. The molecule has 0 bridgehead atoms. The first-order valence-electron chi connectivity index (χ1n) is 3.97. The molecule has 1 rings (SSSR count). The van der Waals surface area contributed by atoms with E-state index in [-0.39, 0.29) is 17.0 Å². The highest BCUT2D eigenvalue weighted by atomic mass is 79.9. The molecule has 0 spiro atoms. The number of rotatable bonds is 4. The molecule has 2 N–H and O–H groups in total. The number of aromatic nitrogens is 2. The zero-order valence-corrected chi connectivity index (χ0v) is 9.07. The first kappa shape index (κ1) is 12.2. The number of hydrogen-bond acceptors (Lipinski definition) is 2. The van der Waals surface area contributed by atoms with Crippen LogP contribution in [0.25, 0.3) is 0 Å². The van der Waals surface area contributed by atoms with E-state index in [4.69, 9.17) is 5.11 Å². The van der Waals surface area contributed by atoms with Crippen LogP contribution in [-0.2, 0) is 4.79 Å². The van der Waals surface area contributed by atoms with Crippen molar-refractivity contribution < 1.29 is 9.90 Å². The summed E-state index contributed by atoms with van der Waals surface area (Å²) >= 11 is 0. The van der Waals surface area contributed by atoms with Crippen LogP contribution in [0.3, 0.4) is 0 Å². The molecule has 0 amide bonds. The van der Waals surface area contributed by atoms with Gasteiger partial charge in [0.05, 0.1) is 0 Å². The van der Waals surface area contributed by atoms with E-state index in [2.05, 4.69) is 9.97 Å². The molecule has 0 aliphatic carbocycles. The first-order valence-corrected chi connectivity index (χ1v) is 3.97. The Morgan fingerprint density at radius 3 is 2.85 bits per heavy atom. The van der Waals surface area contributed by atoms with Gasteiger partial charge in [-0.2, -0.15) is 0 Å². The number of imidazole rings is 1. The quantitative estimate of drug-likeness (QED) is 0.857. The van der Waals surface area contributed by atoms with Gasteiger partial charge in [-0.15, -0.1) is 17.0 Å². The molecular weight excluding hydrogens is 236 g/mol. The highest BCUT2D eigenvalue weighted by Gasteiger charge is 2.20. The lowest BCUT2D eigenvalue weighted by molar-refractivity contribution is -0.139. The van der Waals surface area contributed by atoms with E-state index in [1.165, 1.54) is 0 Å². The average Bonchev–Trinajstić information content (AvgIpc) is 2.51. The number of nitrogens with one attached hydrogen (secondary N) is 1. The van der Waals surface area contributed by atoms with Crippen LogP contribution in [0.5, 0.6) is 0 Å². The zero-order valence-electron chi connectivity index (χ0n) is 7.36. The predicted molar refractivity (Wildman–Crippen MR) is 54.2 cm³/mol. The number of hydrogen-bond donors (Lipinski definition) is 2. The van der Waals surface area contributed by atoms with Crippen molar-refractivity contribution in [3.63, 3.8) is 0 Å². The van der Waals surface area contributed by atoms with Crippen molar-refractivity contribution in [2.24, 2.45) is 0 Å². The van der Waals surface area contributed by atoms with Crippen LogP contribution in [0.4, 0.5) is 0 Å². The minimum absolute atomic E-state index is 0. The molecule has 0 aliphatic heterocycles. The molecule has 1 heterocycles. The van der Waals surface area contributed by atoms with E-state index < -0.39 is 11.9 Å².